The molecule has 0 aliphatic rings. The van der Waals surface area contributed by atoms with Crippen LogP contribution in [0, 0.1) is 0 Å². The van der Waals surface area contributed by atoms with Crippen molar-refractivity contribution in [1.82, 2.24) is 15.0 Å². The monoisotopic (exact) mass is 251 g/mol. The minimum atomic E-state index is -0.966. The Kier molecular flexibility index (Phi) is 3.63. The van der Waals surface area contributed by atoms with E-state index in [0.29, 0.717) is 5.52 Å². The van der Waals surface area contributed by atoms with Crippen LogP contribution in [-0.4, -0.2) is 38.1 Å². The number of rotatable bonds is 5. The van der Waals surface area contributed by atoms with E-state index in [4.69, 9.17) is 5.11 Å². The van der Waals surface area contributed by atoms with Gasteiger partial charge in [0, 0.05) is 6.54 Å². The highest BCUT2D eigenvalue weighted by atomic mass is 32.2. The molecule has 0 amide bonds. The number of carboxylic acid groups (broad SMARTS) is 1. The summed E-state index contributed by atoms with van der Waals surface area (Å²) >= 11 is 1.78. The summed E-state index contributed by atoms with van der Waals surface area (Å²) in [5.41, 5.74) is 1.45. The molecule has 0 aliphatic carbocycles. The van der Waals surface area contributed by atoms with Gasteiger partial charge in [-0.15, -0.1) is 5.10 Å². The first kappa shape index (κ1) is 11.9. The first-order chi connectivity index (χ1) is 8.24. The van der Waals surface area contributed by atoms with Crippen molar-refractivity contribution in [3.8, 4) is 0 Å². The molecule has 0 saturated heterocycles. The summed E-state index contributed by atoms with van der Waals surface area (Å²) in [6, 6.07) is 5.12. The second-order valence-electron chi connectivity index (χ2n) is 3.64. The summed E-state index contributed by atoms with van der Waals surface area (Å²) in [6.45, 7) is 0.764. The van der Waals surface area contributed by atoms with E-state index >= 15 is 0 Å². The molecule has 0 bridgehead atoms. The molecule has 1 heterocycles. The molecule has 0 aliphatic heterocycles. The summed E-state index contributed by atoms with van der Waals surface area (Å²) in [5.74, 6) is 0.0896. The molecule has 1 N–H and O–H groups in total. The van der Waals surface area contributed by atoms with Crippen molar-refractivity contribution in [2.24, 2.45) is 0 Å². The Morgan fingerprint density at radius 1 is 1.53 bits per heavy atom. The number of aryl methyl sites for hydroxylation is 1. The lowest BCUT2D eigenvalue weighted by Crippen LogP contribution is -2.01. The van der Waals surface area contributed by atoms with Gasteiger partial charge in [-0.3, -0.25) is 0 Å². The fourth-order valence-corrected chi connectivity index (χ4v) is 2.11. The van der Waals surface area contributed by atoms with Crippen LogP contribution in [0.3, 0.4) is 0 Å². The van der Waals surface area contributed by atoms with Crippen molar-refractivity contribution in [1.29, 1.82) is 0 Å². The standard InChI is InChI=1S/C11H13N3O2S/c1-17-7-3-6-14-9-5-2-4-8(11(15)16)10(9)12-13-14/h2,4-5H,3,6-7H2,1H3,(H,15,16). The summed E-state index contributed by atoms with van der Waals surface area (Å²) < 4.78 is 1.76. The lowest BCUT2D eigenvalue weighted by atomic mass is 10.2. The fourth-order valence-electron chi connectivity index (χ4n) is 1.69. The number of carbonyl (C=O) groups is 1. The zero-order valence-corrected chi connectivity index (χ0v) is 10.3. The maximum Gasteiger partial charge on any atom is 0.338 e. The van der Waals surface area contributed by atoms with E-state index in [1.807, 2.05) is 6.07 Å². The molecule has 2 aromatic rings. The Labute approximate surface area is 103 Å². The van der Waals surface area contributed by atoms with Crippen LogP contribution in [-0.2, 0) is 6.54 Å². The molecule has 0 fully saturated rings. The highest BCUT2D eigenvalue weighted by Crippen LogP contribution is 2.16. The van der Waals surface area contributed by atoms with Gasteiger partial charge in [0.25, 0.3) is 0 Å². The van der Waals surface area contributed by atoms with E-state index in [0.717, 1.165) is 24.2 Å². The predicted octanol–water partition coefficient (Wildman–Crippen LogP) is 1.88. The largest absolute Gasteiger partial charge is 0.478 e. The van der Waals surface area contributed by atoms with Crippen molar-refractivity contribution in [2.45, 2.75) is 13.0 Å². The molecule has 0 spiro atoms. The molecule has 0 saturated carbocycles. The van der Waals surface area contributed by atoms with Gasteiger partial charge in [-0.2, -0.15) is 11.8 Å². The van der Waals surface area contributed by atoms with Gasteiger partial charge in [0.2, 0.25) is 0 Å². The topological polar surface area (TPSA) is 68.0 Å². The fraction of sp³-hybridized carbons (Fsp3) is 0.364. The number of aromatic carboxylic acids is 1. The van der Waals surface area contributed by atoms with Crippen molar-refractivity contribution >= 4 is 28.8 Å². The second kappa shape index (κ2) is 5.18. The van der Waals surface area contributed by atoms with Gasteiger partial charge in [-0.1, -0.05) is 11.3 Å². The van der Waals surface area contributed by atoms with E-state index in [1.165, 1.54) is 0 Å². The molecular formula is C11H13N3O2S. The highest BCUT2D eigenvalue weighted by molar-refractivity contribution is 7.98. The van der Waals surface area contributed by atoms with Gasteiger partial charge in [-0.05, 0) is 30.6 Å². The Morgan fingerprint density at radius 2 is 2.35 bits per heavy atom. The predicted molar refractivity (Wildman–Crippen MR) is 67.5 cm³/mol. The summed E-state index contributed by atoms with van der Waals surface area (Å²) in [6.07, 6.45) is 3.05. The maximum atomic E-state index is 11.0. The average Bonchev–Trinajstić information content (AvgIpc) is 2.72. The quantitative estimate of drug-likeness (QED) is 0.822. The zero-order valence-electron chi connectivity index (χ0n) is 9.46. The van der Waals surface area contributed by atoms with Crippen LogP contribution >= 0.6 is 11.8 Å². The normalized spacial score (nSPS) is 10.9. The third kappa shape index (κ3) is 2.41. The third-order valence-corrected chi connectivity index (χ3v) is 3.19. The molecule has 5 nitrogen and oxygen atoms in total. The van der Waals surface area contributed by atoms with Crippen molar-refractivity contribution in [3.05, 3.63) is 23.8 Å². The molecule has 17 heavy (non-hydrogen) atoms. The number of hydrogen-bond donors (Lipinski definition) is 1. The molecule has 6 heteroatoms. The molecule has 0 atom stereocenters. The zero-order chi connectivity index (χ0) is 12.3. The minimum absolute atomic E-state index is 0.207. The van der Waals surface area contributed by atoms with Gasteiger partial charge in [0.15, 0.2) is 0 Å². The lowest BCUT2D eigenvalue weighted by molar-refractivity contribution is 0.0699. The highest BCUT2D eigenvalue weighted by Gasteiger charge is 2.13. The van der Waals surface area contributed by atoms with Gasteiger partial charge in [-0.25, -0.2) is 9.48 Å². The Hall–Kier alpha value is -1.56. The van der Waals surface area contributed by atoms with Crippen LogP contribution in [0.2, 0.25) is 0 Å². The van der Waals surface area contributed by atoms with Gasteiger partial charge >= 0.3 is 5.97 Å². The Bertz CT molecular complexity index is 538. The van der Waals surface area contributed by atoms with Gasteiger partial charge in [0.1, 0.15) is 5.52 Å². The second-order valence-corrected chi connectivity index (χ2v) is 4.62. The van der Waals surface area contributed by atoms with E-state index in [2.05, 4.69) is 16.6 Å². The summed E-state index contributed by atoms with van der Waals surface area (Å²) in [4.78, 5) is 11.0. The van der Waals surface area contributed by atoms with Crippen LogP contribution in [0.4, 0.5) is 0 Å². The average molecular weight is 251 g/mol. The SMILES string of the molecule is CSCCCn1nnc2c(C(=O)O)cccc21. The van der Waals surface area contributed by atoms with Crippen LogP contribution in [0.15, 0.2) is 18.2 Å². The number of fused-ring (bicyclic) bond motifs is 1. The summed E-state index contributed by atoms with van der Waals surface area (Å²) in [5, 5.41) is 17.0. The first-order valence-electron chi connectivity index (χ1n) is 5.28. The van der Waals surface area contributed by atoms with E-state index in [-0.39, 0.29) is 5.56 Å². The molecule has 1 aromatic carbocycles. The molecular weight excluding hydrogens is 238 g/mol. The van der Waals surface area contributed by atoms with Gasteiger partial charge < -0.3 is 5.11 Å². The van der Waals surface area contributed by atoms with Crippen molar-refractivity contribution in [3.63, 3.8) is 0 Å². The lowest BCUT2D eigenvalue weighted by Gasteiger charge is -2.01. The molecule has 90 valence electrons. The number of benzene rings is 1. The number of hydrogen-bond acceptors (Lipinski definition) is 4. The summed E-state index contributed by atoms with van der Waals surface area (Å²) in [7, 11) is 0. The number of thioether (sulfide) groups is 1. The number of nitrogens with zero attached hydrogens (tertiary/aromatic N) is 3. The third-order valence-electron chi connectivity index (χ3n) is 2.49. The minimum Gasteiger partial charge on any atom is -0.478 e. The number of carboxylic acids is 1. The van der Waals surface area contributed by atoms with E-state index in [9.17, 15) is 4.79 Å². The van der Waals surface area contributed by atoms with Crippen LogP contribution in [0.1, 0.15) is 16.8 Å². The number of aromatic nitrogens is 3. The van der Waals surface area contributed by atoms with Crippen LogP contribution < -0.4 is 0 Å². The van der Waals surface area contributed by atoms with Crippen molar-refractivity contribution < 1.29 is 9.90 Å². The molecule has 0 radical (unpaired) electrons. The maximum absolute atomic E-state index is 11.0. The van der Waals surface area contributed by atoms with E-state index < -0.39 is 5.97 Å². The Morgan fingerprint density at radius 3 is 3.06 bits per heavy atom. The smallest absolute Gasteiger partial charge is 0.338 e. The van der Waals surface area contributed by atoms with Crippen molar-refractivity contribution in [2.75, 3.05) is 12.0 Å². The Balaban J connectivity index is 2.34. The van der Waals surface area contributed by atoms with Crippen LogP contribution in [0.5, 0.6) is 0 Å². The van der Waals surface area contributed by atoms with Gasteiger partial charge in [0.05, 0.1) is 11.1 Å². The first-order valence-corrected chi connectivity index (χ1v) is 6.68. The van der Waals surface area contributed by atoms with Crippen LogP contribution in [0.25, 0.3) is 11.0 Å². The molecule has 1 aromatic heterocycles. The molecule has 2 rings (SSSR count). The molecule has 0 unspecified atom stereocenters. The van der Waals surface area contributed by atoms with E-state index in [1.54, 1.807) is 28.6 Å².